The fraction of sp³-hybridized carbons (Fsp3) is 0.471. The summed E-state index contributed by atoms with van der Waals surface area (Å²) in [5, 5.41) is 9.98. The third-order valence-electron chi connectivity index (χ3n) is 14.4. The highest BCUT2D eigenvalue weighted by atomic mass is 35.5. The summed E-state index contributed by atoms with van der Waals surface area (Å²) in [4.78, 5) is 68.8. The zero-order valence-electron chi connectivity index (χ0n) is 37.4. The Morgan fingerprint density at radius 2 is 1.55 bits per heavy atom. The van der Waals surface area contributed by atoms with Crippen LogP contribution in [0.25, 0.3) is 0 Å². The number of hydrogen-bond acceptors (Lipinski definition) is 11. The standard InChI is InChI=1S/C51H58ClN7O5/c1-34(60)5-12-46(35(2)61)59-47(62)44-11-8-42(30-45(44)48(59)63)57-25-18-51(19-26-57)16-23-56(24-17-51)32-36-14-21-58(22-15-36)49-54-20-13-41(55-49)33-64-43-9-6-38(7-10-43)50(3,4)39-27-37(31-53)28-40(52)29-39/h6-11,13,20,27-30,36,46H,5,12,14-19,21-26,32-33H2,1-4H3. The van der Waals surface area contributed by atoms with Crippen LogP contribution in [0.1, 0.15) is 122 Å². The summed E-state index contributed by atoms with van der Waals surface area (Å²) in [6.07, 6.45) is 8.90. The fourth-order valence-electron chi connectivity index (χ4n) is 10.1. The number of hydrogen-bond donors (Lipinski definition) is 0. The van der Waals surface area contributed by atoms with E-state index in [1.54, 1.807) is 12.1 Å². The highest BCUT2D eigenvalue weighted by Gasteiger charge is 2.43. The van der Waals surface area contributed by atoms with Crippen molar-refractivity contribution in [1.29, 1.82) is 5.26 Å². The van der Waals surface area contributed by atoms with Gasteiger partial charge < -0.3 is 24.2 Å². The van der Waals surface area contributed by atoms with Gasteiger partial charge in [0, 0.05) is 61.5 Å². The van der Waals surface area contributed by atoms with Gasteiger partial charge in [0.2, 0.25) is 5.95 Å². The Balaban J connectivity index is 0.773. The maximum atomic E-state index is 13.5. The largest absolute Gasteiger partial charge is 0.487 e. The highest BCUT2D eigenvalue weighted by molar-refractivity contribution is 6.30. The number of aromatic nitrogens is 2. The molecule has 13 heteroatoms. The van der Waals surface area contributed by atoms with Crippen LogP contribution in [0.5, 0.6) is 5.75 Å². The van der Waals surface area contributed by atoms with Gasteiger partial charge in [0.05, 0.1) is 34.5 Å². The van der Waals surface area contributed by atoms with Crippen LogP contribution in [0.2, 0.25) is 5.02 Å². The van der Waals surface area contributed by atoms with Crippen LogP contribution in [0.3, 0.4) is 0 Å². The van der Waals surface area contributed by atoms with E-state index in [2.05, 4.69) is 51.7 Å². The van der Waals surface area contributed by atoms with Crippen LogP contribution >= 0.6 is 11.6 Å². The molecule has 1 atom stereocenters. The molecule has 3 saturated heterocycles. The van der Waals surface area contributed by atoms with Crippen molar-refractivity contribution >= 4 is 46.6 Å². The minimum Gasteiger partial charge on any atom is -0.487 e. The number of carbonyl (C=O) groups excluding carboxylic acids is 4. The lowest BCUT2D eigenvalue weighted by molar-refractivity contribution is -0.121. The first-order valence-corrected chi connectivity index (χ1v) is 23.1. The van der Waals surface area contributed by atoms with Crippen LogP contribution < -0.4 is 14.5 Å². The molecule has 4 aliphatic heterocycles. The van der Waals surface area contributed by atoms with E-state index in [4.69, 9.17) is 21.3 Å². The molecular formula is C51H58ClN7O5. The summed E-state index contributed by atoms with van der Waals surface area (Å²) in [5.74, 6) is 0.872. The molecule has 0 bridgehead atoms. The fourth-order valence-corrected chi connectivity index (χ4v) is 10.4. The molecule has 1 aromatic heterocycles. The Kier molecular flexibility index (Phi) is 13.2. The van der Waals surface area contributed by atoms with Gasteiger partial charge in [-0.15, -0.1) is 0 Å². The molecular weight excluding hydrogens is 826 g/mol. The molecule has 0 radical (unpaired) electrons. The minimum absolute atomic E-state index is 0.0806. The lowest BCUT2D eigenvalue weighted by atomic mass is 9.71. The third-order valence-corrected chi connectivity index (χ3v) is 14.6. The van der Waals surface area contributed by atoms with Crippen LogP contribution in [-0.2, 0) is 21.6 Å². The monoisotopic (exact) mass is 883 g/mol. The number of nitriles is 1. The molecule has 0 saturated carbocycles. The number of Topliss-reactive ketones (excluding diaryl/α,β-unsaturated/α-hetero) is 2. The molecule has 4 aliphatic rings. The van der Waals surface area contributed by atoms with Crippen molar-refractivity contribution < 1.29 is 23.9 Å². The Labute approximate surface area is 381 Å². The summed E-state index contributed by atoms with van der Waals surface area (Å²) < 4.78 is 6.16. The van der Waals surface area contributed by atoms with Crippen molar-refractivity contribution in [1.82, 2.24) is 19.8 Å². The van der Waals surface area contributed by atoms with E-state index in [0.29, 0.717) is 39.7 Å². The summed E-state index contributed by atoms with van der Waals surface area (Å²) in [7, 11) is 0. The van der Waals surface area contributed by atoms with Crippen molar-refractivity contribution in [3.63, 3.8) is 0 Å². The predicted octanol–water partition coefficient (Wildman–Crippen LogP) is 8.43. The number of halogens is 1. The van der Waals surface area contributed by atoms with Crippen LogP contribution in [0, 0.1) is 22.7 Å². The first-order valence-electron chi connectivity index (χ1n) is 22.7. The molecule has 2 amide bonds. The van der Waals surface area contributed by atoms with Gasteiger partial charge in [-0.2, -0.15) is 5.26 Å². The van der Waals surface area contributed by atoms with Crippen molar-refractivity contribution in [3.8, 4) is 11.8 Å². The van der Waals surface area contributed by atoms with E-state index in [1.807, 2.05) is 48.7 Å². The number of anilines is 2. The maximum absolute atomic E-state index is 13.5. The van der Waals surface area contributed by atoms with Gasteiger partial charge in [0.1, 0.15) is 18.1 Å². The molecule has 8 rings (SSSR count). The third kappa shape index (κ3) is 9.71. The number of imide groups is 1. The summed E-state index contributed by atoms with van der Waals surface area (Å²) in [6, 6.07) is 22.2. The zero-order valence-corrected chi connectivity index (χ0v) is 38.2. The van der Waals surface area contributed by atoms with E-state index in [1.165, 1.54) is 26.7 Å². The second-order valence-corrected chi connectivity index (χ2v) is 19.4. The number of fused-ring (bicyclic) bond motifs is 1. The molecule has 64 heavy (non-hydrogen) atoms. The van der Waals surface area contributed by atoms with Gasteiger partial charge in [-0.1, -0.05) is 37.6 Å². The Morgan fingerprint density at radius 1 is 0.859 bits per heavy atom. The van der Waals surface area contributed by atoms with E-state index in [-0.39, 0.29) is 29.8 Å². The summed E-state index contributed by atoms with van der Waals surface area (Å²) in [6.45, 7) is 14.4. The lowest BCUT2D eigenvalue weighted by Crippen LogP contribution is -2.48. The second-order valence-electron chi connectivity index (χ2n) is 18.9. The topological polar surface area (TPSA) is 140 Å². The molecule has 4 aromatic rings. The molecule has 0 N–H and O–H groups in total. The molecule has 12 nitrogen and oxygen atoms in total. The van der Waals surface area contributed by atoms with Gasteiger partial charge in [-0.25, -0.2) is 9.97 Å². The van der Waals surface area contributed by atoms with Gasteiger partial charge in [-0.05, 0) is 149 Å². The number of benzene rings is 3. The molecule has 0 aliphatic carbocycles. The summed E-state index contributed by atoms with van der Waals surface area (Å²) >= 11 is 6.31. The van der Waals surface area contributed by atoms with E-state index in [9.17, 15) is 24.4 Å². The summed E-state index contributed by atoms with van der Waals surface area (Å²) in [5.41, 5.74) is 5.03. The minimum atomic E-state index is -0.932. The first kappa shape index (κ1) is 44.9. The molecule has 3 aromatic carbocycles. The van der Waals surface area contributed by atoms with E-state index < -0.39 is 17.9 Å². The number of ketones is 2. The number of rotatable bonds is 14. The second kappa shape index (κ2) is 18.8. The first-order chi connectivity index (χ1) is 30.7. The molecule has 334 valence electrons. The van der Waals surface area contributed by atoms with Gasteiger partial charge >= 0.3 is 0 Å². The number of amides is 2. The SMILES string of the molecule is CC(=O)CCC(C(C)=O)N1C(=O)c2ccc(N3CCC4(CCN(CC5CCN(c6nccc(COc7ccc(C(C)(C)c8cc(Cl)cc(C#N)c8)cc7)n6)CC5)CC4)CC3)cc2C1=O. The molecule has 1 unspecified atom stereocenters. The average molecular weight is 885 g/mol. The van der Waals surface area contributed by atoms with Crippen LogP contribution in [0.15, 0.2) is 72.9 Å². The Morgan fingerprint density at radius 3 is 2.22 bits per heavy atom. The number of ether oxygens (including phenoxy) is 1. The quantitative estimate of drug-likeness (QED) is 0.113. The predicted molar refractivity (Wildman–Crippen MR) is 247 cm³/mol. The zero-order chi connectivity index (χ0) is 45.2. The van der Waals surface area contributed by atoms with Gasteiger partial charge in [0.25, 0.3) is 11.8 Å². The van der Waals surface area contributed by atoms with Crippen molar-refractivity contribution in [2.45, 2.75) is 97.1 Å². The van der Waals surface area contributed by atoms with Crippen LogP contribution in [0.4, 0.5) is 11.6 Å². The molecule has 1 spiro atoms. The Hall–Kier alpha value is -5.64. The van der Waals surface area contributed by atoms with E-state index >= 15 is 0 Å². The number of piperidine rings is 3. The normalized spacial score (nSPS) is 18.5. The molecule has 5 heterocycles. The maximum Gasteiger partial charge on any atom is 0.262 e. The van der Waals surface area contributed by atoms with Gasteiger partial charge in [0.15, 0.2) is 5.78 Å². The number of likely N-dealkylation sites (tertiary alicyclic amines) is 1. The number of nitrogens with zero attached hydrogens (tertiary/aromatic N) is 7. The Bertz CT molecular complexity index is 2440. The van der Waals surface area contributed by atoms with Crippen molar-refractivity contribution in [2.24, 2.45) is 11.3 Å². The van der Waals surface area contributed by atoms with Crippen molar-refractivity contribution in [2.75, 3.05) is 55.6 Å². The van der Waals surface area contributed by atoms with Gasteiger partial charge in [-0.3, -0.25) is 19.3 Å². The van der Waals surface area contributed by atoms with Crippen LogP contribution in [-0.4, -0.2) is 95.0 Å². The number of carbonyl (C=O) groups is 4. The highest BCUT2D eigenvalue weighted by Crippen LogP contribution is 2.43. The molecule has 3 fully saturated rings. The smallest absolute Gasteiger partial charge is 0.262 e. The van der Waals surface area contributed by atoms with Crippen molar-refractivity contribution in [3.05, 3.63) is 111 Å². The average Bonchev–Trinajstić information content (AvgIpc) is 3.54. The van der Waals surface area contributed by atoms with E-state index in [0.717, 1.165) is 111 Å². The lowest BCUT2D eigenvalue weighted by Gasteiger charge is -2.48.